The van der Waals surface area contributed by atoms with Crippen molar-refractivity contribution in [3.63, 3.8) is 0 Å². The lowest BCUT2D eigenvalue weighted by atomic mass is 9.90. The van der Waals surface area contributed by atoms with Crippen LogP contribution in [0.15, 0.2) is 0 Å². The van der Waals surface area contributed by atoms with E-state index in [1.165, 1.54) is 19.3 Å². The molecular weight excluding hydrogens is 182 g/mol. The second-order valence-corrected chi connectivity index (χ2v) is 6.50. The van der Waals surface area contributed by atoms with Crippen LogP contribution in [0.3, 0.4) is 0 Å². The molecule has 1 heteroatoms. The van der Waals surface area contributed by atoms with Crippen molar-refractivity contribution in [3.05, 3.63) is 0 Å². The Morgan fingerprint density at radius 2 is 1.40 bits per heavy atom. The lowest BCUT2D eigenvalue weighted by Gasteiger charge is -2.20. The lowest BCUT2D eigenvalue weighted by Crippen LogP contribution is -2.28. The normalized spacial score (nSPS) is 25.6. The summed E-state index contributed by atoms with van der Waals surface area (Å²) in [4.78, 5) is 0. The molecule has 1 aliphatic carbocycles. The van der Waals surface area contributed by atoms with E-state index in [9.17, 15) is 0 Å². The Bertz CT molecular complexity index is 199. The van der Waals surface area contributed by atoms with Gasteiger partial charge in [-0.05, 0) is 29.1 Å². The van der Waals surface area contributed by atoms with E-state index in [-0.39, 0.29) is 0 Å². The van der Waals surface area contributed by atoms with Crippen molar-refractivity contribution in [2.24, 2.45) is 28.4 Å². The van der Waals surface area contributed by atoms with Crippen molar-refractivity contribution in [3.8, 4) is 0 Å². The minimum Gasteiger partial charge on any atom is -0.327 e. The predicted molar refractivity (Wildman–Crippen MR) is 67.7 cm³/mol. The molecule has 0 aromatic rings. The first-order chi connectivity index (χ1) is 6.79. The average molecular weight is 211 g/mol. The molecular formula is C14H29N. The van der Waals surface area contributed by atoms with E-state index in [1.807, 2.05) is 0 Å². The van der Waals surface area contributed by atoms with E-state index in [2.05, 4.69) is 41.5 Å². The van der Waals surface area contributed by atoms with Gasteiger partial charge in [0, 0.05) is 6.04 Å². The Labute approximate surface area is 95.8 Å². The van der Waals surface area contributed by atoms with Crippen molar-refractivity contribution in [1.29, 1.82) is 0 Å². The first-order valence-electron chi connectivity index (χ1n) is 6.54. The molecule has 2 N–H and O–H groups in total. The van der Waals surface area contributed by atoms with Crippen molar-refractivity contribution in [1.82, 2.24) is 0 Å². The molecule has 1 saturated carbocycles. The monoisotopic (exact) mass is 211 g/mol. The fourth-order valence-corrected chi connectivity index (χ4v) is 3.46. The topological polar surface area (TPSA) is 26.0 Å². The fourth-order valence-electron chi connectivity index (χ4n) is 3.46. The highest BCUT2D eigenvalue weighted by Crippen LogP contribution is 2.69. The van der Waals surface area contributed by atoms with Gasteiger partial charge < -0.3 is 5.73 Å². The van der Waals surface area contributed by atoms with E-state index in [4.69, 9.17) is 5.73 Å². The molecule has 0 spiro atoms. The predicted octanol–water partition coefficient (Wildman–Crippen LogP) is 3.82. The number of rotatable bonds is 5. The highest BCUT2D eigenvalue weighted by atomic mass is 14.8. The van der Waals surface area contributed by atoms with Gasteiger partial charge in [0.25, 0.3) is 0 Å². The summed E-state index contributed by atoms with van der Waals surface area (Å²) in [6.45, 7) is 14.0. The maximum atomic E-state index is 6.38. The van der Waals surface area contributed by atoms with Gasteiger partial charge >= 0.3 is 0 Å². The third-order valence-corrected chi connectivity index (χ3v) is 5.32. The van der Waals surface area contributed by atoms with Crippen LogP contribution in [0, 0.1) is 22.7 Å². The van der Waals surface area contributed by atoms with Gasteiger partial charge in [-0.25, -0.2) is 0 Å². The van der Waals surface area contributed by atoms with Crippen LogP contribution in [-0.4, -0.2) is 6.04 Å². The van der Waals surface area contributed by atoms with Gasteiger partial charge in [-0.3, -0.25) is 0 Å². The van der Waals surface area contributed by atoms with E-state index in [0.29, 0.717) is 22.8 Å². The summed E-state index contributed by atoms with van der Waals surface area (Å²) in [7, 11) is 0. The molecule has 1 nitrogen and oxygen atoms in total. The van der Waals surface area contributed by atoms with Crippen LogP contribution in [0.25, 0.3) is 0 Å². The van der Waals surface area contributed by atoms with E-state index < -0.39 is 0 Å². The van der Waals surface area contributed by atoms with E-state index in [0.717, 1.165) is 5.92 Å². The fraction of sp³-hybridized carbons (Fsp3) is 1.00. The van der Waals surface area contributed by atoms with Crippen LogP contribution >= 0.6 is 0 Å². The molecule has 15 heavy (non-hydrogen) atoms. The molecule has 0 aromatic carbocycles. The van der Waals surface area contributed by atoms with Crippen LogP contribution in [0.4, 0.5) is 0 Å². The number of nitrogens with two attached hydrogens (primary N) is 1. The highest BCUT2D eigenvalue weighted by molar-refractivity contribution is 5.15. The largest absolute Gasteiger partial charge is 0.327 e. The first kappa shape index (κ1) is 13.0. The number of hydrogen-bond acceptors (Lipinski definition) is 1. The second kappa shape index (κ2) is 4.08. The standard InChI is InChI=1S/C14H29N/c1-7-10(8-2)9-11(15)12-13(3,4)14(12,5)6/h10-12H,7-9,15H2,1-6H3. The molecule has 0 bridgehead atoms. The molecule has 1 rings (SSSR count). The molecule has 1 atom stereocenters. The Morgan fingerprint density at radius 3 is 1.67 bits per heavy atom. The molecule has 0 aliphatic heterocycles. The van der Waals surface area contributed by atoms with Gasteiger partial charge in [-0.1, -0.05) is 54.4 Å². The van der Waals surface area contributed by atoms with Crippen molar-refractivity contribution in [2.45, 2.75) is 66.8 Å². The maximum Gasteiger partial charge on any atom is 0.00804 e. The number of hydrogen-bond donors (Lipinski definition) is 1. The van der Waals surface area contributed by atoms with Crippen molar-refractivity contribution in [2.75, 3.05) is 0 Å². The van der Waals surface area contributed by atoms with Gasteiger partial charge in [0.1, 0.15) is 0 Å². The Balaban J connectivity index is 2.53. The summed E-state index contributed by atoms with van der Waals surface area (Å²) in [5, 5.41) is 0. The average Bonchev–Trinajstić information content (AvgIpc) is 2.53. The van der Waals surface area contributed by atoms with Gasteiger partial charge in [-0.2, -0.15) is 0 Å². The molecule has 90 valence electrons. The van der Waals surface area contributed by atoms with Crippen molar-refractivity contribution >= 4 is 0 Å². The summed E-state index contributed by atoms with van der Waals surface area (Å²) in [6.07, 6.45) is 3.76. The summed E-state index contributed by atoms with van der Waals surface area (Å²) in [6, 6.07) is 0.403. The maximum absolute atomic E-state index is 6.38. The Hall–Kier alpha value is -0.0400. The van der Waals surface area contributed by atoms with Gasteiger partial charge in [0.15, 0.2) is 0 Å². The summed E-state index contributed by atoms with van der Waals surface area (Å²) < 4.78 is 0. The van der Waals surface area contributed by atoms with Crippen LogP contribution in [0.2, 0.25) is 0 Å². The van der Waals surface area contributed by atoms with Crippen molar-refractivity contribution < 1.29 is 0 Å². The minimum atomic E-state index is 0.403. The lowest BCUT2D eigenvalue weighted by molar-refractivity contribution is 0.357. The quantitative estimate of drug-likeness (QED) is 0.735. The Kier molecular flexibility index (Phi) is 3.55. The summed E-state index contributed by atoms with van der Waals surface area (Å²) >= 11 is 0. The summed E-state index contributed by atoms with van der Waals surface area (Å²) in [5.74, 6) is 1.54. The van der Waals surface area contributed by atoms with E-state index >= 15 is 0 Å². The zero-order valence-electron chi connectivity index (χ0n) is 11.4. The molecule has 0 saturated heterocycles. The molecule has 1 fully saturated rings. The van der Waals surface area contributed by atoms with Gasteiger partial charge in [-0.15, -0.1) is 0 Å². The zero-order chi connectivity index (χ0) is 11.9. The molecule has 0 amide bonds. The third kappa shape index (κ3) is 2.08. The van der Waals surface area contributed by atoms with Crippen LogP contribution < -0.4 is 5.73 Å². The van der Waals surface area contributed by atoms with E-state index in [1.54, 1.807) is 0 Å². The minimum absolute atomic E-state index is 0.403. The highest BCUT2D eigenvalue weighted by Gasteiger charge is 2.66. The second-order valence-electron chi connectivity index (χ2n) is 6.50. The van der Waals surface area contributed by atoms with Crippen LogP contribution in [-0.2, 0) is 0 Å². The Morgan fingerprint density at radius 1 is 1.00 bits per heavy atom. The SMILES string of the molecule is CCC(CC)CC(N)C1C(C)(C)C1(C)C. The molecule has 1 unspecified atom stereocenters. The van der Waals surface area contributed by atoms with Crippen LogP contribution in [0.1, 0.15) is 60.8 Å². The molecule has 0 radical (unpaired) electrons. The zero-order valence-corrected chi connectivity index (χ0v) is 11.4. The third-order valence-electron chi connectivity index (χ3n) is 5.32. The smallest absolute Gasteiger partial charge is 0.00804 e. The summed E-state index contributed by atoms with van der Waals surface area (Å²) in [5.41, 5.74) is 7.27. The van der Waals surface area contributed by atoms with Crippen LogP contribution in [0.5, 0.6) is 0 Å². The molecule has 0 aromatic heterocycles. The van der Waals surface area contributed by atoms with Gasteiger partial charge in [0.05, 0.1) is 0 Å². The molecule has 1 aliphatic rings. The molecule has 0 heterocycles. The van der Waals surface area contributed by atoms with Gasteiger partial charge in [0.2, 0.25) is 0 Å². The first-order valence-corrected chi connectivity index (χ1v) is 6.54.